The molecule has 0 radical (unpaired) electrons. The van der Waals surface area contributed by atoms with Gasteiger partial charge in [-0.25, -0.2) is 4.39 Å². The maximum absolute atomic E-state index is 13.8. The lowest BCUT2D eigenvalue weighted by atomic mass is 9.74. The Labute approximate surface area is 276 Å². The maximum Gasteiger partial charge on any atom is 0.255 e. The monoisotopic (exact) mass is 639 g/mol. The Morgan fingerprint density at radius 1 is 0.979 bits per heavy atom. The Morgan fingerprint density at radius 2 is 1.70 bits per heavy atom. The van der Waals surface area contributed by atoms with E-state index in [1.165, 1.54) is 12.1 Å². The molecule has 0 saturated heterocycles. The summed E-state index contributed by atoms with van der Waals surface area (Å²) in [6.07, 6.45) is 3.94. The number of fused-ring (bicyclic) bond motifs is 3. The highest BCUT2D eigenvalue weighted by molar-refractivity contribution is 6.13. The van der Waals surface area contributed by atoms with Gasteiger partial charge in [0.05, 0.1) is 11.3 Å². The Hall–Kier alpha value is -4.59. The number of carbonyl (C=O) groups excluding carboxylic acids is 2. The number of rotatable bonds is 9. The zero-order chi connectivity index (χ0) is 33.9. The molecule has 4 aromatic rings. The van der Waals surface area contributed by atoms with E-state index in [9.17, 15) is 19.1 Å². The lowest BCUT2D eigenvalue weighted by Gasteiger charge is -2.39. The van der Waals surface area contributed by atoms with Crippen LogP contribution in [0.15, 0.2) is 76.4 Å². The Bertz CT molecular complexity index is 1800. The van der Waals surface area contributed by atoms with E-state index in [0.29, 0.717) is 57.9 Å². The number of allylic oxidation sites excluding steroid dienone is 1. The van der Waals surface area contributed by atoms with Crippen LogP contribution < -0.4 is 15.5 Å². The zero-order valence-electron chi connectivity index (χ0n) is 28.3. The second-order valence-corrected chi connectivity index (χ2v) is 12.3. The Morgan fingerprint density at radius 3 is 2.34 bits per heavy atom. The minimum atomic E-state index is -0.378. The number of furan rings is 1. The van der Waals surface area contributed by atoms with Crippen molar-refractivity contribution in [3.63, 3.8) is 0 Å². The third-order valence-electron chi connectivity index (χ3n) is 9.62. The molecule has 2 aliphatic rings. The molecule has 2 aliphatic carbocycles. The number of carbonyl (C=O) groups is 2. The van der Waals surface area contributed by atoms with E-state index in [1.807, 2.05) is 50.2 Å². The summed E-state index contributed by atoms with van der Waals surface area (Å²) in [7, 11) is 1.57. The fraction of sp³-hybridized carbons (Fsp3) is 0.385. The summed E-state index contributed by atoms with van der Waals surface area (Å²) in [6.45, 7) is 11.7. The maximum atomic E-state index is 13.8. The molecule has 2 unspecified atom stereocenters. The number of aliphatic hydroxyl groups excluding tert-OH is 1. The molecule has 2 amide bonds. The van der Waals surface area contributed by atoms with Crippen LogP contribution in [0, 0.1) is 11.7 Å². The molecule has 7 nitrogen and oxygen atoms in total. The second-order valence-electron chi connectivity index (χ2n) is 12.3. The number of halogens is 1. The molecule has 6 rings (SSSR count). The van der Waals surface area contributed by atoms with Crippen molar-refractivity contribution in [3.8, 4) is 22.5 Å². The molecule has 47 heavy (non-hydrogen) atoms. The predicted molar refractivity (Wildman–Crippen MR) is 187 cm³/mol. The third kappa shape index (κ3) is 6.51. The SMILES string of the molecule is CC.CCN(CC)c1cc2oc(-c3ccc(F)cc3)c(C(=O)NC)c2cc1-c1cccc(C(=O)NC2(CC)CC3=C(O)CC(C3)C2)c1. The van der Waals surface area contributed by atoms with Gasteiger partial charge in [0, 0.05) is 65.9 Å². The fourth-order valence-electron chi connectivity index (χ4n) is 7.25. The summed E-state index contributed by atoms with van der Waals surface area (Å²) in [5, 5.41) is 17.1. The van der Waals surface area contributed by atoms with Gasteiger partial charge in [-0.1, -0.05) is 32.9 Å². The summed E-state index contributed by atoms with van der Waals surface area (Å²) in [4.78, 5) is 29.3. The van der Waals surface area contributed by atoms with Crippen LogP contribution in [-0.2, 0) is 0 Å². The number of aliphatic hydroxyl groups is 1. The van der Waals surface area contributed by atoms with Crippen molar-refractivity contribution in [1.82, 2.24) is 10.6 Å². The normalized spacial score (nSPS) is 18.5. The second kappa shape index (κ2) is 14.0. The third-order valence-corrected chi connectivity index (χ3v) is 9.62. The van der Waals surface area contributed by atoms with Crippen molar-refractivity contribution in [3.05, 3.63) is 88.9 Å². The first kappa shape index (κ1) is 33.8. The first-order chi connectivity index (χ1) is 22.7. The first-order valence-corrected chi connectivity index (χ1v) is 16.8. The van der Waals surface area contributed by atoms with Gasteiger partial charge in [0.1, 0.15) is 17.2 Å². The molecule has 3 aromatic carbocycles. The number of benzene rings is 3. The highest BCUT2D eigenvalue weighted by Gasteiger charge is 2.43. The summed E-state index contributed by atoms with van der Waals surface area (Å²) >= 11 is 0. The lowest BCUT2D eigenvalue weighted by molar-refractivity contribution is 0.0865. The van der Waals surface area contributed by atoms with E-state index in [2.05, 4.69) is 36.3 Å². The smallest absolute Gasteiger partial charge is 0.255 e. The number of amides is 2. The molecule has 1 heterocycles. The number of nitrogens with zero attached hydrogens (tertiary/aromatic N) is 1. The predicted octanol–water partition coefficient (Wildman–Crippen LogP) is 9.03. The van der Waals surface area contributed by atoms with E-state index >= 15 is 0 Å². The van der Waals surface area contributed by atoms with Crippen LogP contribution in [0.3, 0.4) is 0 Å². The van der Waals surface area contributed by atoms with Gasteiger partial charge >= 0.3 is 0 Å². The van der Waals surface area contributed by atoms with Crippen LogP contribution in [-0.4, -0.2) is 42.6 Å². The molecule has 2 atom stereocenters. The van der Waals surface area contributed by atoms with Crippen molar-refractivity contribution >= 4 is 28.5 Å². The summed E-state index contributed by atoms with van der Waals surface area (Å²) in [5.74, 6) is 0.417. The lowest BCUT2D eigenvalue weighted by Crippen LogP contribution is -2.50. The van der Waals surface area contributed by atoms with E-state index in [0.717, 1.165) is 54.7 Å². The molecule has 3 N–H and O–H groups in total. The van der Waals surface area contributed by atoms with Gasteiger partial charge in [0.2, 0.25) is 0 Å². The van der Waals surface area contributed by atoms with Gasteiger partial charge in [-0.15, -0.1) is 0 Å². The Kier molecular flexibility index (Phi) is 10.1. The minimum absolute atomic E-state index is 0.140. The largest absolute Gasteiger partial charge is 0.512 e. The van der Waals surface area contributed by atoms with Crippen molar-refractivity contribution in [2.24, 2.45) is 5.92 Å². The van der Waals surface area contributed by atoms with Gasteiger partial charge in [0.25, 0.3) is 11.8 Å². The van der Waals surface area contributed by atoms with E-state index in [1.54, 1.807) is 19.2 Å². The number of anilines is 1. The first-order valence-electron chi connectivity index (χ1n) is 16.8. The van der Waals surface area contributed by atoms with Crippen molar-refractivity contribution in [1.29, 1.82) is 0 Å². The van der Waals surface area contributed by atoms with Gasteiger partial charge in [-0.2, -0.15) is 0 Å². The standard InChI is InChI=1S/C37H40FN3O4.C2H6/c1-5-37(20-22-15-26(21-37)31(42)16-22)40-35(43)25-10-8-9-24(17-25)28-18-29-32(19-30(28)41(6-2)7-3)45-34(33(29)36(44)39-4)23-11-13-27(38)14-12-23;1-2/h8-14,17-19,22,42H,5-7,15-16,20-21H2,1-4H3,(H,39,44)(H,40,43);1-2H3. The van der Waals surface area contributed by atoms with Crippen LogP contribution >= 0.6 is 0 Å². The summed E-state index contributed by atoms with van der Waals surface area (Å²) < 4.78 is 20.1. The Balaban J connectivity index is 0.00000213. The van der Waals surface area contributed by atoms with Crippen molar-refractivity contribution < 1.29 is 23.5 Å². The molecular formula is C39H46FN3O4. The molecule has 2 bridgehead atoms. The quantitative estimate of drug-likeness (QED) is 0.170. The molecule has 1 fully saturated rings. The molecule has 1 aromatic heterocycles. The topological polar surface area (TPSA) is 94.8 Å². The van der Waals surface area contributed by atoms with Crippen LogP contribution in [0.25, 0.3) is 33.4 Å². The van der Waals surface area contributed by atoms with Crippen LogP contribution in [0.1, 0.15) is 87.4 Å². The molecular weight excluding hydrogens is 593 g/mol. The minimum Gasteiger partial charge on any atom is -0.512 e. The van der Waals surface area contributed by atoms with Crippen LogP contribution in [0.5, 0.6) is 0 Å². The average molecular weight is 640 g/mol. The average Bonchev–Trinajstić information content (AvgIpc) is 3.60. The molecule has 248 valence electrons. The van der Waals surface area contributed by atoms with Crippen molar-refractivity contribution in [2.75, 3.05) is 25.0 Å². The van der Waals surface area contributed by atoms with Crippen molar-refractivity contribution in [2.45, 2.75) is 72.3 Å². The zero-order valence-corrected chi connectivity index (χ0v) is 28.3. The molecule has 1 saturated carbocycles. The highest BCUT2D eigenvalue weighted by Crippen LogP contribution is 2.47. The highest BCUT2D eigenvalue weighted by atomic mass is 19.1. The van der Waals surface area contributed by atoms with E-state index in [-0.39, 0.29) is 23.2 Å². The summed E-state index contributed by atoms with van der Waals surface area (Å²) in [6, 6.07) is 17.4. The fourth-order valence-corrected chi connectivity index (χ4v) is 7.25. The van der Waals surface area contributed by atoms with Gasteiger partial charge in [-0.05, 0) is 99.0 Å². The van der Waals surface area contributed by atoms with E-state index in [4.69, 9.17) is 4.42 Å². The van der Waals surface area contributed by atoms with Gasteiger partial charge in [0.15, 0.2) is 0 Å². The summed E-state index contributed by atoms with van der Waals surface area (Å²) in [5.41, 5.74) is 5.39. The number of nitrogens with one attached hydrogen (secondary N) is 2. The van der Waals surface area contributed by atoms with Crippen LogP contribution in [0.2, 0.25) is 0 Å². The van der Waals surface area contributed by atoms with Gasteiger partial charge < -0.3 is 25.1 Å². The molecule has 8 heteroatoms. The number of hydrogen-bond acceptors (Lipinski definition) is 5. The number of hydrogen-bond donors (Lipinski definition) is 3. The molecule has 0 aliphatic heterocycles. The molecule has 0 spiro atoms. The van der Waals surface area contributed by atoms with Gasteiger partial charge in [-0.3, -0.25) is 9.59 Å². The van der Waals surface area contributed by atoms with Crippen LogP contribution in [0.4, 0.5) is 10.1 Å². The van der Waals surface area contributed by atoms with E-state index < -0.39 is 0 Å².